The molecule has 0 unspecified atom stereocenters. The van der Waals surface area contributed by atoms with E-state index >= 15 is 0 Å². The third-order valence-corrected chi connectivity index (χ3v) is 2.43. The first-order chi connectivity index (χ1) is 8.31. The lowest BCUT2D eigenvalue weighted by Gasteiger charge is -2.22. The lowest BCUT2D eigenvalue weighted by molar-refractivity contribution is 0.0501. The van der Waals surface area contributed by atoms with E-state index in [1.54, 1.807) is 18.3 Å². The third-order valence-electron chi connectivity index (χ3n) is 2.21. The molecule has 0 aliphatic heterocycles. The number of carbonyl (C=O) groups excluding carboxylic acids is 1. The van der Waals surface area contributed by atoms with Crippen LogP contribution in [0, 0.1) is 0 Å². The molecule has 1 heterocycles. The van der Waals surface area contributed by atoms with E-state index in [4.69, 9.17) is 16.3 Å². The number of hydrogen-bond acceptors (Lipinski definition) is 3. The van der Waals surface area contributed by atoms with Gasteiger partial charge >= 0.3 is 6.09 Å². The topological polar surface area (TPSA) is 51.2 Å². The van der Waals surface area contributed by atoms with Crippen LogP contribution >= 0.6 is 11.6 Å². The van der Waals surface area contributed by atoms with Crippen LogP contribution in [0.1, 0.15) is 45.9 Å². The maximum Gasteiger partial charge on any atom is 0.408 e. The minimum Gasteiger partial charge on any atom is -0.444 e. The van der Waals surface area contributed by atoms with E-state index in [0.717, 1.165) is 12.1 Å². The van der Waals surface area contributed by atoms with Gasteiger partial charge in [0.2, 0.25) is 0 Å². The number of hydrogen-bond donors (Lipinski definition) is 1. The van der Waals surface area contributed by atoms with Crippen LogP contribution in [0.2, 0.25) is 5.02 Å². The number of alkyl carbamates (subject to hydrolysis) is 1. The Balaban J connectivity index is 2.68. The lowest BCUT2D eigenvalue weighted by atomic mass is 10.1. The zero-order valence-electron chi connectivity index (χ0n) is 11.2. The quantitative estimate of drug-likeness (QED) is 0.911. The molecule has 1 aromatic rings. The van der Waals surface area contributed by atoms with Gasteiger partial charge in [0, 0.05) is 6.20 Å². The Morgan fingerprint density at radius 2 is 2.17 bits per heavy atom. The molecule has 0 aromatic carbocycles. The summed E-state index contributed by atoms with van der Waals surface area (Å²) in [5, 5.41) is 3.37. The summed E-state index contributed by atoms with van der Waals surface area (Å²) in [4.78, 5) is 15.9. The summed E-state index contributed by atoms with van der Waals surface area (Å²) in [6.45, 7) is 7.45. The minimum atomic E-state index is -0.504. The lowest BCUT2D eigenvalue weighted by Crippen LogP contribution is -2.35. The van der Waals surface area contributed by atoms with Gasteiger partial charge < -0.3 is 10.1 Å². The molecule has 1 amide bonds. The van der Waals surface area contributed by atoms with Crippen LogP contribution in [0.15, 0.2) is 18.3 Å². The van der Waals surface area contributed by atoms with Crippen molar-refractivity contribution >= 4 is 17.7 Å². The van der Waals surface area contributed by atoms with Crippen molar-refractivity contribution in [3.8, 4) is 0 Å². The van der Waals surface area contributed by atoms with Crippen LogP contribution in [0.5, 0.6) is 0 Å². The smallest absolute Gasteiger partial charge is 0.408 e. The Morgan fingerprint density at radius 1 is 1.50 bits per heavy atom. The second kappa shape index (κ2) is 6.05. The molecule has 0 spiro atoms. The van der Waals surface area contributed by atoms with E-state index in [0.29, 0.717) is 5.02 Å². The van der Waals surface area contributed by atoms with E-state index in [1.165, 1.54) is 0 Å². The summed E-state index contributed by atoms with van der Waals surface area (Å²) in [5.41, 5.74) is 0.267. The molecule has 100 valence electrons. The van der Waals surface area contributed by atoms with Crippen molar-refractivity contribution in [2.24, 2.45) is 0 Å². The van der Waals surface area contributed by atoms with Gasteiger partial charge in [-0.2, -0.15) is 0 Å². The Labute approximate surface area is 113 Å². The average Bonchev–Trinajstić information content (AvgIpc) is 2.25. The molecule has 4 nitrogen and oxygen atoms in total. The number of aromatic nitrogens is 1. The molecule has 0 saturated carbocycles. The number of amides is 1. The van der Waals surface area contributed by atoms with E-state index in [9.17, 15) is 4.79 Å². The Kier molecular flexibility index (Phi) is 4.96. The van der Waals surface area contributed by atoms with Crippen molar-refractivity contribution in [1.82, 2.24) is 10.3 Å². The van der Waals surface area contributed by atoms with Crippen molar-refractivity contribution in [3.05, 3.63) is 29.0 Å². The first-order valence-corrected chi connectivity index (χ1v) is 6.30. The van der Waals surface area contributed by atoms with Crippen LogP contribution in [-0.2, 0) is 4.74 Å². The van der Waals surface area contributed by atoms with Crippen molar-refractivity contribution < 1.29 is 9.53 Å². The molecular weight excluding hydrogens is 252 g/mol. The molecule has 5 heteroatoms. The van der Waals surface area contributed by atoms with Gasteiger partial charge in [-0.25, -0.2) is 4.79 Å². The number of ether oxygens (including phenoxy) is 1. The summed E-state index contributed by atoms with van der Waals surface area (Å²) in [6, 6.07) is 3.38. The summed E-state index contributed by atoms with van der Waals surface area (Å²) in [7, 11) is 0. The maximum atomic E-state index is 11.7. The molecule has 1 atom stereocenters. The molecule has 0 aliphatic rings. The summed E-state index contributed by atoms with van der Waals surface area (Å²) in [5.74, 6) is 0. The molecule has 0 fully saturated rings. The monoisotopic (exact) mass is 270 g/mol. The maximum absolute atomic E-state index is 11.7. The van der Waals surface area contributed by atoms with Crippen molar-refractivity contribution in [2.45, 2.75) is 45.8 Å². The average molecular weight is 271 g/mol. The van der Waals surface area contributed by atoms with Crippen LogP contribution in [0.4, 0.5) is 4.79 Å². The van der Waals surface area contributed by atoms with Gasteiger partial charge in [0.05, 0.1) is 16.8 Å². The molecule has 1 rings (SSSR count). The fourth-order valence-electron chi connectivity index (χ4n) is 1.43. The van der Waals surface area contributed by atoms with Gasteiger partial charge in [0.1, 0.15) is 5.60 Å². The summed E-state index contributed by atoms with van der Waals surface area (Å²) in [6.07, 6.45) is 1.86. The number of nitrogens with one attached hydrogen (secondary N) is 1. The molecular formula is C13H19ClN2O2. The number of halogens is 1. The Morgan fingerprint density at radius 3 is 2.61 bits per heavy atom. The van der Waals surface area contributed by atoms with Crippen molar-refractivity contribution in [1.29, 1.82) is 0 Å². The first-order valence-electron chi connectivity index (χ1n) is 5.93. The van der Waals surface area contributed by atoms with Gasteiger partial charge in [-0.05, 0) is 39.3 Å². The minimum absolute atomic E-state index is 0.169. The number of rotatable bonds is 3. The second-order valence-electron chi connectivity index (χ2n) is 5.01. The van der Waals surface area contributed by atoms with E-state index in [2.05, 4.69) is 10.3 Å². The second-order valence-corrected chi connectivity index (χ2v) is 5.44. The predicted octanol–water partition coefficient (Wildman–Crippen LogP) is 3.71. The number of pyridine rings is 1. The number of carbonyl (C=O) groups is 1. The summed E-state index contributed by atoms with van der Waals surface area (Å²) < 4.78 is 5.21. The SMILES string of the molecule is CC[C@H](NC(=O)OC(C)(C)C)c1ccc(Cl)cn1. The summed E-state index contributed by atoms with van der Waals surface area (Å²) >= 11 is 5.78. The van der Waals surface area contributed by atoms with E-state index in [-0.39, 0.29) is 6.04 Å². The van der Waals surface area contributed by atoms with Crippen LogP contribution in [0.3, 0.4) is 0 Å². The van der Waals surface area contributed by atoms with E-state index in [1.807, 2.05) is 27.7 Å². The van der Waals surface area contributed by atoms with Gasteiger partial charge in [0.25, 0.3) is 0 Å². The zero-order chi connectivity index (χ0) is 13.8. The number of nitrogens with zero attached hydrogens (tertiary/aromatic N) is 1. The van der Waals surface area contributed by atoms with Crippen LogP contribution in [0.25, 0.3) is 0 Å². The predicted molar refractivity (Wildman–Crippen MR) is 71.6 cm³/mol. The molecule has 1 aromatic heterocycles. The zero-order valence-corrected chi connectivity index (χ0v) is 11.9. The molecule has 0 bridgehead atoms. The fourth-order valence-corrected chi connectivity index (χ4v) is 1.54. The highest BCUT2D eigenvalue weighted by atomic mass is 35.5. The third kappa shape index (κ3) is 4.92. The van der Waals surface area contributed by atoms with Crippen molar-refractivity contribution in [2.75, 3.05) is 0 Å². The highest BCUT2D eigenvalue weighted by molar-refractivity contribution is 6.30. The van der Waals surface area contributed by atoms with Crippen molar-refractivity contribution in [3.63, 3.8) is 0 Å². The molecule has 18 heavy (non-hydrogen) atoms. The van der Waals surface area contributed by atoms with Gasteiger partial charge in [-0.3, -0.25) is 4.98 Å². The van der Waals surface area contributed by atoms with E-state index < -0.39 is 11.7 Å². The molecule has 0 aliphatic carbocycles. The van der Waals surface area contributed by atoms with Gasteiger partial charge in [-0.1, -0.05) is 18.5 Å². The highest BCUT2D eigenvalue weighted by Gasteiger charge is 2.20. The first kappa shape index (κ1) is 14.8. The standard InChI is InChI=1S/C13H19ClN2O2/c1-5-10(11-7-6-9(14)8-15-11)16-12(17)18-13(2,3)4/h6-8,10H,5H2,1-4H3,(H,16,17)/t10-/m0/s1. The normalized spacial score (nSPS) is 12.9. The molecule has 0 radical (unpaired) electrons. The van der Waals surface area contributed by atoms with Gasteiger partial charge in [0.15, 0.2) is 0 Å². The largest absolute Gasteiger partial charge is 0.444 e. The fraction of sp³-hybridized carbons (Fsp3) is 0.538. The Hall–Kier alpha value is -1.29. The highest BCUT2D eigenvalue weighted by Crippen LogP contribution is 2.17. The van der Waals surface area contributed by atoms with Gasteiger partial charge in [-0.15, -0.1) is 0 Å². The van der Waals surface area contributed by atoms with Crippen LogP contribution in [-0.4, -0.2) is 16.7 Å². The molecule has 1 N–H and O–H groups in total. The molecule has 0 saturated heterocycles. The Bertz CT molecular complexity index is 398. The van der Waals surface area contributed by atoms with Crippen LogP contribution < -0.4 is 5.32 Å².